The molecule has 90 valence electrons. The molecule has 1 N–H and O–H groups in total. The summed E-state index contributed by atoms with van der Waals surface area (Å²) in [7, 11) is -3.04. The van der Waals surface area contributed by atoms with Crippen LogP contribution in [0.15, 0.2) is 0 Å². The maximum absolute atomic E-state index is 11.4. The summed E-state index contributed by atoms with van der Waals surface area (Å²) < 4.78 is 22.7. The van der Waals surface area contributed by atoms with E-state index in [-0.39, 0.29) is 17.9 Å². The van der Waals surface area contributed by atoms with Crippen molar-refractivity contribution in [3.8, 4) is 0 Å². The maximum atomic E-state index is 11.4. The summed E-state index contributed by atoms with van der Waals surface area (Å²) in [6.45, 7) is 3.70. The Bertz CT molecular complexity index is 282. The van der Waals surface area contributed by atoms with Gasteiger partial charge in [0.1, 0.15) is 9.84 Å². The number of hydrogen-bond donors (Lipinski definition) is 1. The molecule has 0 amide bonds. The minimum absolute atomic E-state index is 0.00218. The second kappa shape index (κ2) is 6.82. The topological polar surface area (TPSA) is 71.4 Å². The third-order valence-corrected chi connectivity index (χ3v) is 4.17. The second-order valence-electron chi connectivity index (χ2n) is 3.76. The fourth-order valence-corrected chi connectivity index (χ4v) is 2.94. The predicted octanol–water partition coefficient (Wildman–Crippen LogP) is 1.70. The summed E-state index contributed by atoms with van der Waals surface area (Å²) in [5, 5.41) is 8.84. The number of hydrogen-bond acceptors (Lipinski definition) is 3. The number of carbonyl (C=O) groups is 1. The van der Waals surface area contributed by atoms with Gasteiger partial charge in [-0.05, 0) is 19.3 Å². The SMILES string of the molecule is CCCC(CCS(=O)(=O)CCC)C(=O)O. The number of carboxylic acid groups (broad SMARTS) is 1. The van der Waals surface area contributed by atoms with E-state index in [1.54, 1.807) is 6.92 Å². The molecule has 4 nitrogen and oxygen atoms in total. The van der Waals surface area contributed by atoms with Crippen LogP contribution in [-0.4, -0.2) is 31.0 Å². The average molecular weight is 236 g/mol. The zero-order chi connectivity index (χ0) is 11.9. The largest absolute Gasteiger partial charge is 0.481 e. The summed E-state index contributed by atoms with van der Waals surface area (Å²) in [6.07, 6.45) is 2.15. The normalized spacial score (nSPS) is 13.7. The van der Waals surface area contributed by atoms with Crippen molar-refractivity contribution in [2.75, 3.05) is 11.5 Å². The van der Waals surface area contributed by atoms with E-state index in [0.717, 1.165) is 6.42 Å². The summed E-state index contributed by atoms with van der Waals surface area (Å²) in [4.78, 5) is 10.8. The Balaban J connectivity index is 4.15. The predicted molar refractivity (Wildman–Crippen MR) is 59.6 cm³/mol. The number of carboxylic acids is 1. The van der Waals surface area contributed by atoms with Gasteiger partial charge in [-0.3, -0.25) is 4.79 Å². The van der Waals surface area contributed by atoms with Gasteiger partial charge in [-0.15, -0.1) is 0 Å². The van der Waals surface area contributed by atoms with Crippen LogP contribution >= 0.6 is 0 Å². The molecule has 0 saturated carbocycles. The van der Waals surface area contributed by atoms with Crippen molar-refractivity contribution in [3.63, 3.8) is 0 Å². The zero-order valence-corrected chi connectivity index (χ0v) is 10.2. The highest BCUT2D eigenvalue weighted by atomic mass is 32.2. The molecule has 1 unspecified atom stereocenters. The monoisotopic (exact) mass is 236 g/mol. The molecule has 0 bridgehead atoms. The Morgan fingerprint density at radius 3 is 2.13 bits per heavy atom. The van der Waals surface area contributed by atoms with Crippen molar-refractivity contribution < 1.29 is 18.3 Å². The molecule has 5 heteroatoms. The number of rotatable bonds is 8. The van der Waals surface area contributed by atoms with Gasteiger partial charge in [-0.2, -0.15) is 0 Å². The van der Waals surface area contributed by atoms with Crippen molar-refractivity contribution in [2.45, 2.75) is 39.5 Å². The highest BCUT2D eigenvalue weighted by Crippen LogP contribution is 2.13. The molecule has 0 aliphatic heterocycles. The molecular weight excluding hydrogens is 216 g/mol. The molecule has 0 aromatic heterocycles. The van der Waals surface area contributed by atoms with Crippen molar-refractivity contribution in [3.05, 3.63) is 0 Å². The van der Waals surface area contributed by atoms with Crippen LogP contribution in [0.2, 0.25) is 0 Å². The molecule has 0 aliphatic rings. The molecule has 1 atom stereocenters. The first-order chi connectivity index (χ1) is 6.93. The third kappa shape index (κ3) is 6.49. The van der Waals surface area contributed by atoms with Gasteiger partial charge in [0.25, 0.3) is 0 Å². The molecule has 0 radical (unpaired) electrons. The minimum Gasteiger partial charge on any atom is -0.481 e. The molecule has 15 heavy (non-hydrogen) atoms. The smallest absolute Gasteiger partial charge is 0.306 e. The van der Waals surface area contributed by atoms with Crippen LogP contribution in [0.3, 0.4) is 0 Å². The molecular formula is C10H20O4S. The maximum Gasteiger partial charge on any atom is 0.306 e. The van der Waals surface area contributed by atoms with Gasteiger partial charge in [0, 0.05) is 5.75 Å². The van der Waals surface area contributed by atoms with Gasteiger partial charge in [-0.1, -0.05) is 20.3 Å². The first kappa shape index (κ1) is 14.4. The Labute approximate surface area is 91.6 Å². The highest BCUT2D eigenvalue weighted by molar-refractivity contribution is 7.91. The van der Waals surface area contributed by atoms with Crippen molar-refractivity contribution in [1.82, 2.24) is 0 Å². The van der Waals surface area contributed by atoms with E-state index in [4.69, 9.17) is 5.11 Å². The molecule has 0 aromatic carbocycles. The van der Waals surface area contributed by atoms with E-state index in [9.17, 15) is 13.2 Å². The van der Waals surface area contributed by atoms with Crippen LogP contribution in [0.1, 0.15) is 39.5 Å². The quantitative estimate of drug-likeness (QED) is 0.696. The lowest BCUT2D eigenvalue weighted by Crippen LogP contribution is -2.19. The van der Waals surface area contributed by atoms with Crippen LogP contribution in [0.4, 0.5) is 0 Å². The molecule has 0 fully saturated rings. The van der Waals surface area contributed by atoms with Gasteiger partial charge in [0.15, 0.2) is 0 Å². The van der Waals surface area contributed by atoms with Gasteiger partial charge in [0.05, 0.1) is 11.7 Å². The van der Waals surface area contributed by atoms with Gasteiger partial charge < -0.3 is 5.11 Å². The number of sulfone groups is 1. The Morgan fingerprint density at radius 1 is 1.13 bits per heavy atom. The van der Waals surface area contributed by atoms with Gasteiger partial charge in [-0.25, -0.2) is 8.42 Å². The zero-order valence-electron chi connectivity index (χ0n) is 9.40. The van der Waals surface area contributed by atoms with Crippen LogP contribution in [-0.2, 0) is 14.6 Å². The molecule has 0 spiro atoms. The highest BCUT2D eigenvalue weighted by Gasteiger charge is 2.19. The molecule has 0 rings (SSSR count). The van der Waals surface area contributed by atoms with Crippen molar-refractivity contribution >= 4 is 15.8 Å². The third-order valence-electron chi connectivity index (χ3n) is 2.28. The summed E-state index contributed by atoms with van der Waals surface area (Å²) in [5.74, 6) is -1.24. The summed E-state index contributed by atoms with van der Waals surface area (Å²) in [5.41, 5.74) is 0. The van der Waals surface area contributed by atoms with E-state index in [2.05, 4.69) is 0 Å². The van der Waals surface area contributed by atoms with E-state index < -0.39 is 21.7 Å². The fourth-order valence-electron chi connectivity index (χ4n) is 1.47. The van der Waals surface area contributed by atoms with Gasteiger partial charge >= 0.3 is 5.97 Å². The Morgan fingerprint density at radius 2 is 1.73 bits per heavy atom. The Kier molecular flexibility index (Phi) is 6.56. The first-order valence-electron chi connectivity index (χ1n) is 5.36. The average Bonchev–Trinajstić information content (AvgIpc) is 2.11. The molecule has 0 saturated heterocycles. The van der Waals surface area contributed by atoms with E-state index in [0.29, 0.717) is 12.8 Å². The Hall–Kier alpha value is -0.580. The molecule has 0 aliphatic carbocycles. The standard InChI is InChI=1S/C10H20O4S/c1-3-5-9(10(11)12)6-8-15(13,14)7-4-2/h9H,3-8H2,1-2H3,(H,11,12). The van der Waals surface area contributed by atoms with E-state index >= 15 is 0 Å². The fraction of sp³-hybridized carbons (Fsp3) is 0.900. The van der Waals surface area contributed by atoms with Crippen LogP contribution in [0.25, 0.3) is 0 Å². The first-order valence-corrected chi connectivity index (χ1v) is 7.18. The van der Waals surface area contributed by atoms with Crippen molar-refractivity contribution in [2.24, 2.45) is 5.92 Å². The molecule has 0 aromatic rings. The lowest BCUT2D eigenvalue weighted by molar-refractivity contribution is -0.142. The number of aliphatic carboxylic acids is 1. The van der Waals surface area contributed by atoms with Crippen LogP contribution in [0, 0.1) is 5.92 Å². The van der Waals surface area contributed by atoms with Crippen molar-refractivity contribution in [1.29, 1.82) is 0 Å². The minimum atomic E-state index is -3.04. The lowest BCUT2D eigenvalue weighted by Gasteiger charge is -2.10. The van der Waals surface area contributed by atoms with Gasteiger partial charge in [0.2, 0.25) is 0 Å². The lowest BCUT2D eigenvalue weighted by atomic mass is 10.0. The van der Waals surface area contributed by atoms with E-state index in [1.165, 1.54) is 0 Å². The summed E-state index contributed by atoms with van der Waals surface area (Å²) in [6, 6.07) is 0. The van der Waals surface area contributed by atoms with Crippen LogP contribution < -0.4 is 0 Å². The van der Waals surface area contributed by atoms with Crippen LogP contribution in [0.5, 0.6) is 0 Å². The summed E-state index contributed by atoms with van der Waals surface area (Å²) >= 11 is 0. The van der Waals surface area contributed by atoms with E-state index in [1.807, 2.05) is 6.92 Å². The molecule has 0 heterocycles. The second-order valence-corrected chi connectivity index (χ2v) is 6.07.